The number of hydrogen-bond acceptors (Lipinski definition) is 4. The maximum atomic E-state index is 13.6. The molecular formula is C16H20F2N2O5. The maximum absolute atomic E-state index is 13.6. The highest BCUT2D eigenvalue weighted by atomic mass is 19.1. The molecule has 0 saturated heterocycles. The molecule has 0 aliphatic carbocycles. The molecule has 0 aliphatic heterocycles. The summed E-state index contributed by atoms with van der Waals surface area (Å²) in [4.78, 5) is 34.5. The Balaban J connectivity index is 2.66. The number of aliphatic carboxylic acids is 1. The largest absolute Gasteiger partial charge is 0.480 e. The second kappa shape index (κ2) is 9.67. The number of nitrogens with one attached hydrogen (secondary N) is 2. The zero-order chi connectivity index (χ0) is 19.0. The van der Waals surface area contributed by atoms with Crippen molar-refractivity contribution >= 4 is 17.8 Å². The summed E-state index contributed by atoms with van der Waals surface area (Å²) in [6.07, 6.45) is 0. The summed E-state index contributed by atoms with van der Waals surface area (Å²) in [7, 11) is 0. The molecular weight excluding hydrogens is 338 g/mol. The maximum Gasteiger partial charge on any atom is 0.329 e. The molecule has 25 heavy (non-hydrogen) atoms. The highest BCUT2D eigenvalue weighted by molar-refractivity contribution is 5.98. The molecule has 0 radical (unpaired) electrons. The molecule has 1 aromatic carbocycles. The third-order valence-corrected chi connectivity index (χ3v) is 3.20. The van der Waals surface area contributed by atoms with Crippen LogP contribution in [0.15, 0.2) is 18.2 Å². The van der Waals surface area contributed by atoms with Gasteiger partial charge in [-0.15, -0.1) is 0 Å². The van der Waals surface area contributed by atoms with Crippen LogP contribution in [0.25, 0.3) is 0 Å². The number of rotatable bonds is 9. The standard InChI is InChI=1S/C16H20F2N2O5/c1-9(2)14(16(24)19-6-7-25-8-12(21)22)20-15(23)13-10(17)4-3-5-11(13)18/h3-5,9,14H,6-8H2,1-2H3,(H,19,24)(H,20,23)(H,21,22). The van der Waals surface area contributed by atoms with Crippen molar-refractivity contribution in [1.82, 2.24) is 10.6 Å². The van der Waals surface area contributed by atoms with Crippen molar-refractivity contribution in [1.29, 1.82) is 0 Å². The second-order valence-corrected chi connectivity index (χ2v) is 5.53. The predicted molar refractivity (Wildman–Crippen MR) is 83.9 cm³/mol. The van der Waals surface area contributed by atoms with E-state index in [4.69, 9.17) is 9.84 Å². The molecule has 1 atom stereocenters. The molecule has 9 heteroatoms. The molecule has 1 unspecified atom stereocenters. The first-order chi connectivity index (χ1) is 11.7. The number of benzene rings is 1. The van der Waals surface area contributed by atoms with Crippen molar-refractivity contribution in [3.63, 3.8) is 0 Å². The van der Waals surface area contributed by atoms with Crippen LogP contribution in [0.3, 0.4) is 0 Å². The Hall–Kier alpha value is -2.55. The van der Waals surface area contributed by atoms with E-state index in [2.05, 4.69) is 10.6 Å². The SMILES string of the molecule is CC(C)C(NC(=O)c1c(F)cccc1F)C(=O)NCCOCC(=O)O. The topological polar surface area (TPSA) is 105 Å². The average Bonchev–Trinajstić information content (AvgIpc) is 2.51. The summed E-state index contributed by atoms with van der Waals surface area (Å²) in [6.45, 7) is 2.82. The van der Waals surface area contributed by atoms with E-state index in [1.165, 1.54) is 0 Å². The van der Waals surface area contributed by atoms with Gasteiger partial charge in [-0.2, -0.15) is 0 Å². The van der Waals surface area contributed by atoms with Gasteiger partial charge in [0.1, 0.15) is 29.8 Å². The summed E-state index contributed by atoms with van der Waals surface area (Å²) < 4.78 is 32.0. The van der Waals surface area contributed by atoms with Gasteiger partial charge in [-0.05, 0) is 18.1 Å². The first-order valence-corrected chi connectivity index (χ1v) is 7.56. The van der Waals surface area contributed by atoms with Crippen LogP contribution in [-0.2, 0) is 14.3 Å². The summed E-state index contributed by atoms with van der Waals surface area (Å²) in [5, 5.41) is 13.2. The van der Waals surface area contributed by atoms with E-state index in [0.717, 1.165) is 18.2 Å². The lowest BCUT2D eigenvalue weighted by Crippen LogP contribution is -2.50. The van der Waals surface area contributed by atoms with Gasteiger partial charge in [0.15, 0.2) is 0 Å². The molecule has 2 amide bonds. The molecule has 0 heterocycles. The van der Waals surface area contributed by atoms with Crippen LogP contribution in [-0.4, -0.2) is 48.7 Å². The molecule has 0 spiro atoms. The van der Waals surface area contributed by atoms with E-state index >= 15 is 0 Å². The van der Waals surface area contributed by atoms with Crippen molar-refractivity contribution < 1.29 is 33.0 Å². The number of hydrogen-bond donors (Lipinski definition) is 3. The number of carboxylic acids is 1. The average molecular weight is 358 g/mol. The van der Waals surface area contributed by atoms with Gasteiger partial charge in [-0.3, -0.25) is 9.59 Å². The van der Waals surface area contributed by atoms with Gasteiger partial charge in [-0.1, -0.05) is 19.9 Å². The lowest BCUT2D eigenvalue weighted by molar-refractivity contribution is -0.142. The number of carboxylic acid groups (broad SMARTS) is 1. The summed E-state index contributed by atoms with van der Waals surface area (Å²) in [5.74, 6) is -5.14. The number of ether oxygens (including phenoxy) is 1. The summed E-state index contributed by atoms with van der Waals surface area (Å²) in [6, 6.07) is 2.00. The first-order valence-electron chi connectivity index (χ1n) is 7.56. The van der Waals surface area contributed by atoms with Crippen LogP contribution >= 0.6 is 0 Å². The zero-order valence-electron chi connectivity index (χ0n) is 13.8. The van der Waals surface area contributed by atoms with E-state index in [9.17, 15) is 23.2 Å². The van der Waals surface area contributed by atoms with E-state index in [0.29, 0.717) is 0 Å². The number of carbonyl (C=O) groups excluding carboxylic acids is 2. The Morgan fingerprint density at radius 3 is 2.32 bits per heavy atom. The quantitative estimate of drug-likeness (QED) is 0.570. The van der Waals surface area contributed by atoms with Crippen LogP contribution < -0.4 is 10.6 Å². The van der Waals surface area contributed by atoms with Gasteiger partial charge < -0.3 is 20.5 Å². The second-order valence-electron chi connectivity index (χ2n) is 5.53. The minimum absolute atomic E-state index is 0.0270. The van der Waals surface area contributed by atoms with Crippen molar-refractivity contribution in [2.45, 2.75) is 19.9 Å². The molecule has 3 N–H and O–H groups in total. The Bertz CT molecular complexity index is 617. The Morgan fingerprint density at radius 1 is 1.20 bits per heavy atom. The van der Waals surface area contributed by atoms with E-state index in [1.807, 2.05) is 0 Å². The van der Waals surface area contributed by atoms with Gasteiger partial charge in [0, 0.05) is 6.54 Å². The first kappa shape index (κ1) is 20.5. The normalized spacial score (nSPS) is 11.9. The number of amides is 2. The Kier molecular flexibility index (Phi) is 7.93. The van der Waals surface area contributed by atoms with E-state index < -0.39 is 47.6 Å². The van der Waals surface area contributed by atoms with Crippen molar-refractivity contribution in [2.24, 2.45) is 5.92 Å². The molecule has 0 saturated carbocycles. The van der Waals surface area contributed by atoms with Gasteiger partial charge >= 0.3 is 5.97 Å². The van der Waals surface area contributed by atoms with Crippen molar-refractivity contribution in [2.75, 3.05) is 19.8 Å². The molecule has 1 rings (SSSR count). The minimum atomic E-state index is -1.13. The van der Waals surface area contributed by atoms with Crippen LogP contribution in [0.1, 0.15) is 24.2 Å². The Morgan fingerprint density at radius 2 is 1.80 bits per heavy atom. The van der Waals surface area contributed by atoms with Crippen molar-refractivity contribution in [3.05, 3.63) is 35.4 Å². The van der Waals surface area contributed by atoms with Crippen LogP contribution in [0.5, 0.6) is 0 Å². The van der Waals surface area contributed by atoms with Crippen LogP contribution in [0.4, 0.5) is 8.78 Å². The van der Waals surface area contributed by atoms with Gasteiger partial charge in [0.05, 0.1) is 6.61 Å². The molecule has 7 nitrogen and oxygen atoms in total. The number of halogens is 2. The Labute approximate surface area is 143 Å². The molecule has 0 fully saturated rings. The fourth-order valence-corrected chi connectivity index (χ4v) is 1.98. The fourth-order valence-electron chi connectivity index (χ4n) is 1.98. The molecule has 0 bridgehead atoms. The lowest BCUT2D eigenvalue weighted by atomic mass is 10.0. The van der Waals surface area contributed by atoms with Gasteiger partial charge in [0.25, 0.3) is 5.91 Å². The summed E-state index contributed by atoms with van der Waals surface area (Å²) >= 11 is 0. The molecule has 0 aromatic heterocycles. The van der Waals surface area contributed by atoms with Crippen LogP contribution in [0, 0.1) is 17.6 Å². The predicted octanol–water partition coefficient (Wildman–Crippen LogP) is 0.937. The number of carbonyl (C=O) groups is 3. The third kappa shape index (κ3) is 6.46. The van der Waals surface area contributed by atoms with E-state index in [1.54, 1.807) is 13.8 Å². The highest BCUT2D eigenvalue weighted by Gasteiger charge is 2.27. The van der Waals surface area contributed by atoms with Gasteiger partial charge in [0.2, 0.25) is 5.91 Å². The monoisotopic (exact) mass is 358 g/mol. The fraction of sp³-hybridized carbons (Fsp3) is 0.438. The van der Waals surface area contributed by atoms with Crippen LogP contribution in [0.2, 0.25) is 0 Å². The lowest BCUT2D eigenvalue weighted by Gasteiger charge is -2.22. The molecule has 1 aromatic rings. The summed E-state index contributed by atoms with van der Waals surface area (Å²) in [5.41, 5.74) is -0.759. The van der Waals surface area contributed by atoms with E-state index in [-0.39, 0.29) is 19.1 Å². The minimum Gasteiger partial charge on any atom is -0.480 e. The van der Waals surface area contributed by atoms with Crippen molar-refractivity contribution in [3.8, 4) is 0 Å². The molecule has 138 valence electrons. The smallest absolute Gasteiger partial charge is 0.329 e. The third-order valence-electron chi connectivity index (χ3n) is 3.20. The zero-order valence-corrected chi connectivity index (χ0v) is 13.8. The van der Waals surface area contributed by atoms with Gasteiger partial charge in [-0.25, -0.2) is 13.6 Å². The highest BCUT2D eigenvalue weighted by Crippen LogP contribution is 2.13. The molecule has 0 aliphatic rings.